The topological polar surface area (TPSA) is 89.3 Å². The van der Waals surface area contributed by atoms with Gasteiger partial charge < -0.3 is 4.90 Å². The normalized spacial score (nSPS) is 17.5. The number of carbonyl (C=O) groups excluding carboxylic acids is 1. The number of nitrogens with zero attached hydrogens (tertiary/aromatic N) is 3. The number of amides is 1. The zero-order valence-electron chi connectivity index (χ0n) is 18.2. The molecule has 0 aliphatic carbocycles. The Morgan fingerprint density at radius 1 is 1.22 bits per heavy atom. The van der Waals surface area contributed by atoms with E-state index >= 15 is 0 Å². The molecule has 4 rings (SSSR count). The van der Waals surface area contributed by atoms with Gasteiger partial charge in [-0.3, -0.25) is 14.2 Å². The maximum absolute atomic E-state index is 13.4. The standard InChI is InChI=1S/C23H25N3O4S2/c1-15-8-9-20(16(2)12-15)26-22(28)18-6-4-5-7-19(18)24-23(26)31-13-21(27)25(3)17-10-11-32(29,30)14-17/h4-9,12,17H,10-11,13-14H2,1-3H3/t17-/m1/s1. The van der Waals surface area contributed by atoms with Gasteiger partial charge in [-0.2, -0.15) is 0 Å². The average molecular weight is 472 g/mol. The second-order valence-electron chi connectivity index (χ2n) is 8.19. The molecule has 3 aromatic rings. The minimum atomic E-state index is -3.08. The number of para-hydroxylation sites is 1. The summed E-state index contributed by atoms with van der Waals surface area (Å²) in [4.78, 5) is 32.4. The zero-order chi connectivity index (χ0) is 23.0. The first-order valence-corrected chi connectivity index (χ1v) is 13.2. The number of hydrogen-bond acceptors (Lipinski definition) is 6. The Hall–Kier alpha value is -2.65. The summed E-state index contributed by atoms with van der Waals surface area (Å²) in [5, 5.41) is 0.942. The first kappa shape index (κ1) is 22.5. The Morgan fingerprint density at radius 2 is 1.97 bits per heavy atom. The largest absolute Gasteiger partial charge is 0.341 e. The summed E-state index contributed by atoms with van der Waals surface area (Å²) in [7, 11) is -1.44. The fourth-order valence-corrected chi connectivity index (χ4v) is 6.69. The fraction of sp³-hybridized carbons (Fsp3) is 0.348. The molecule has 32 heavy (non-hydrogen) atoms. The summed E-state index contributed by atoms with van der Waals surface area (Å²) in [5.41, 5.74) is 3.14. The monoisotopic (exact) mass is 471 g/mol. The van der Waals surface area contributed by atoms with Crippen LogP contribution in [-0.2, 0) is 14.6 Å². The molecule has 1 saturated heterocycles. The van der Waals surface area contributed by atoms with E-state index < -0.39 is 9.84 Å². The maximum Gasteiger partial charge on any atom is 0.266 e. The van der Waals surface area contributed by atoms with Crippen LogP contribution in [0.3, 0.4) is 0 Å². The first-order valence-electron chi connectivity index (χ1n) is 10.3. The molecule has 1 aromatic heterocycles. The zero-order valence-corrected chi connectivity index (χ0v) is 19.9. The Bertz CT molecular complexity index is 1370. The van der Waals surface area contributed by atoms with Gasteiger partial charge in [-0.1, -0.05) is 41.6 Å². The van der Waals surface area contributed by atoms with Crippen molar-refractivity contribution in [3.05, 3.63) is 63.9 Å². The molecule has 2 heterocycles. The van der Waals surface area contributed by atoms with Crippen molar-refractivity contribution in [1.29, 1.82) is 0 Å². The van der Waals surface area contributed by atoms with E-state index in [2.05, 4.69) is 4.98 Å². The van der Waals surface area contributed by atoms with E-state index in [9.17, 15) is 18.0 Å². The number of sulfone groups is 1. The lowest BCUT2D eigenvalue weighted by molar-refractivity contribution is -0.128. The number of rotatable bonds is 5. The van der Waals surface area contributed by atoms with E-state index in [0.717, 1.165) is 16.8 Å². The highest BCUT2D eigenvalue weighted by molar-refractivity contribution is 7.99. The summed E-state index contributed by atoms with van der Waals surface area (Å²) in [6.07, 6.45) is 0.455. The Kier molecular flexibility index (Phi) is 6.13. The molecule has 7 nitrogen and oxygen atoms in total. The van der Waals surface area contributed by atoms with Gasteiger partial charge in [-0.15, -0.1) is 0 Å². The van der Waals surface area contributed by atoms with Crippen molar-refractivity contribution in [3.63, 3.8) is 0 Å². The van der Waals surface area contributed by atoms with Gasteiger partial charge in [0.1, 0.15) is 0 Å². The minimum Gasteiger partial charge on any atom is -0.341 e. The Balaban J connectivity index is 1.69. The molecule has 0 bridgehead atoms. The van der Waals surface area contributed by atoms with Crippen LogP contribution in [0.1, 0.15) is 17.5 Å². The highest BCUT2D eigenvalue weighted by Gasteiger charge is 2.32. The van der Waals surface area contributed by atoms with E-state index in [-0.39, 0.29) is 34.8 Å². The van der Waals surface area contributed by atoms with Gasteiger partial charge in [0, 0.05) is 13.1 Å². The number of hydrogen-bond donors (Lipinski definition) is 0. The molecule has 0 spiro atoms. The number of aromatic nitrogens is 2. The van der Waals surface area contributed by atoms with Gasteiger partial charge in [0.05, 0.1) is 33.8 Å². The van der Waals surface area contributed by atoms with E-state index in [0.29, 0.717) is 22.5 Å². The third kappa shape index (κ3) is 4.45. The molecule has 0 saturated carbocycles. The molecular formula is C23H25N3O4S2. The molecule has 2 aromatic carbocycles. The predicted molar refractivity (Wildman–Crippen MR) is 127 cm³/mol. The average Bonchev–Trinajstić information content (AvgIpc) is 3.12. The lowest BCUT2D eigenvalue weighted by atomic mass is 10.1. The van der Waals surface area contributed by atoms with Gasteiger partial charge in [-0.05, 0) is 44.0 Å². The maximum atomic E-state index is 13.4. The third-order valence-corrected chi connectivity index (χ3v) is 8.49. The quantitative estimate of drug-likeness (QED) is 0.420. The van der Waals surface area contributed by atoms with Gasteiger partial charge in [0.2, 0.25) is 5.91 Å². The highest BCUT2D eigenvalue weighted by atomic mass is 32.2. The molecule has 1 fully saturated rings. The van der Waals surface area contributed by atoms with Crippen molar-refractivity contribution in [2.75, 3.05) is 24.3 Å². The van der Waals surface area contributed by atoms with Crippen molar-refractivity contribution in [2.45, 2.75) is 31.5 Å². The summed E-state index contributed by atoms with van der Waals surface area (Å²) in [6, 6.07) is 12.7. The van der Waals surface area contributed by atoms with Crippen molar-refractivity contribution < 1.29 is 13.2 Å². The van der Waals surface area contributed by atoms with Crippen molar-refractivity contribution in [1.82, 2.24) is 14.5 Å². The summed E-state index contributed by atoms with van der Waals surface area (Å²) >= 11 is 1.19. The molecular weight excluding hydrogens is 446 g/mol. The fourth-order valence-electron chi connectivity index (χ4n) is 3.99. The second-order valence-corrected chi connectivity index (χ2v) is 11.4. The predicted octanol–water partition coefficient (Wildman–Crippen LogP) is 2.74. The van der Waals surface area contributed by atoms with Crippen molar-refractivity contribution in [3.8, 4) is 5.69 Å². The molecule has 0 radical (unpaired) electrons. The number of thioether (sulfide) groups is 1. The van der Waals surface area contributed by atoms with Crippen LogP contribution >= 0.6 is 11.8 Å². The van der Waals surface area contributed by atoms with Crippen LogP contribution in [-0.4, -0.2) is 59.1 Å². The van der Waals surface area contributed by atoms with Crippen LogP contribution < -0.4 is 5.56 Å². The smallest absolute Gasteiger partial charge is 0.266 e. The molecule has 1 amide bonds. The molecule has 0 N–H and O–H groups in total. The number of carbonyl (C=O) groups is 1. The molecule has 1 aliphatic rings. The van der Waals surface area contributed by atoms with Gasteiger partial charge in [0.25, 0.3) is 5.56 Å². The van der Waals surface area contributed by atoms with Crippen LogP contribution in [0, 0.1) is 13.8 Å². The molecule has 0 unspecified atom stereocenters. The van der Waals surface area contributed by atoms with Crippen LogP contribution in [0.5, 0.6) is 0 Å². The summed E-state index contributed by atoms with van der Waals surface area (Å²) < 4.78 is 25.1. The molecule has 1 aliphatic heterocycles. The van der Waals surface area contributed by atoms with Crippen LogP contribution in [0.4, 0.5) is 0 Å². The van der Waals surface area contributed by atoms with Gasteiger partial charge in [-0.25, -0.2) is 13.4 Å². The van der Waals surface area contributed by atoms with E-state index in [1.54, 1.807) is 29.8 Å². The molecule has 168 valence electrons. The van der Waals surface area contributed by atoms with Crippen molar-refractivity contribution in [2.24, 2.45) is 0 Å². The number of fused-ring (bicyclic) bond motifs is 1. The van der Waals surface area contributed by atoms with Gasteiger partial charge >= 0.3 is 0 Å². The molecule has 1 atom stereocenters. The summed E-state index contributed by atoms with van der Waals surface area (Å²) in [6.45, 7) is 3.93. The van der Waals surface area contributed by atoms with E-state index in [4.69, 9.17) is 0 Å². The highest BCUT2D eigenvalue weighted by Crippen LogP contribution is 2.25. The van der Waals surface area contributed by atoms with Crippen LogP contribution in [0.15, 0.2) is 52.4 Å². The Morgan fingerprint density at radius 3 is 2.66 bits per heavy atom. The SMILES string of the molecule is Cc1ccc(-n2c(SCC(=O)N(C)[C@@H]3CCS(=O)(=O)C3)nc3ccccc3c2=O)c(C)c1. The second kappa shape index (κ2) is 8.71. The minimum absolute atomic E-state index is 0.00139. The van der Waals surface area contributed by atoms with Crippen molar-refractivity contribution >= 4 is 38.4 Å². The number of aryl methyl sites for hydroxylation is 2. The van der Waals surface area contributed by atoms with E-state index in [1.807, 2.05) is 38.1 Å². The third-order valence-electron chi connectivity index (χ3n) is 5.81. The Labute approximate surface area is 191 Å². The first-order chi connectivity index (χ1) is 15.2. The summed E-state index contributed by atoms with van der Waals surface area (Å²) in [5.74, 6) is -0.0166. The lowest BCUT2D eigenvalue weighted by Gasteiger charge is -2.23. The van der Waals surface area contributed by atoms with Crippen LogP contribution in [0.25, 0.3) is 16.6 Å². The van der Waals surface area contributed by atoms with E-state index in [1.165, 1.54) is 16.7 Å². The van der Waals surface area contributed by atoms with Gasteiger partial charge in [0.15, 0.2) is 15.0 Å². The lowest BCUT2D eigenvalue weighted by Crippen LogP contribution is -2.39. The number of benzene rings is 2. The van der Waals surface area contributed by atoms with Crippen LogP contribution in [0.2, 0.25) is 0 Å². The molecule has 9 heteroatoms.